The van der Waals surface area contributed by atoms with Crippen LogP contribution in [0.3, 0.4) is 0 Å². The lowest BCUT2D eigenvalue weighted by Gasteiger charge is -2.11. The van der Waals surface area contributed by atoms with Crippen LogP contribution < -0.4 is 15.4 Å². The summed E-state index contributed by atoms with van der Waals surface area (Å²) in [6.07, 6.45) is 0.306. The molecule has 4 aromatic rings. The van der Waals surface area contributed by atoms with Crippen molar-refractivity contribution in [3.05, 3.63) is 120 Å². The average Bonchev–Trinajstić information content (AvgIpc) is 2.94. The summed E-state index contributed by atoms with van der Waals surface area (Å²) in [4.78, 5) is 26.7. The number of benzene rings is 4. The molecule has 6 heteroatoms. The first-order valence-electron chi connectivity index (χ1n) is 12.7. The molecule has 4 rings (SSSR count). The molecule has 6 nitrogen and oxygen atoms in total. The van der Waals surface area contributed by atoms with Crippen LogP contribution in [0.2, 0.25) is 0 Å². The summed E-state index contributed by atoms with van der Waals surface area (Å²) in [6.45, 7) is 1.86. The number of amides is 2. The Morgan fingerprint density at radius 2 is 1.37 bits per heavy atom. The number of nitrogens with zero attached hydrogens (tertiary/aromatic N) is 1. The van der Waals surface area contributed by atoms with Crippen LogP contribution in [0, 0.1) is 0 Å². The van der Waals surface area contributed by atoms with E-state index in [0.29, 0.717) is 36.6 Å². The van der Waals surface area contributed by atoms with Crippen molar-refractivity contribution in [2.45, 2.75) is 13.0 Å². The van der Waals surface area contributed by atoms with Crippen molar-refractivity contribution >= 4 is 17.5 Å². The molecule has 0 aliphatic rings. The number of likely N-dealkylation sites (N-methyl/N-ethyl adjacent to an activating group) is 1. The number of nitrogens with one attached hydrogen (secondary N) is 2. The highest BCUT2D eigenvalue weighted by atomic mass is 16.5. The molecule has 0 atom stereocenters. The summed E-state index contributed by atoms with van der Waals surface area (Å²) in [7, 11) is 3.93. The fourth-order valence-electron chi connectivity index (χ4n) is 3.87. The Hall–Kier alpha value is -4.42. The van der Waals surface area contributed by atoms with Gasteiger partial charge in [-0.1, -0.05) is 66.7 Å². The molecule has 0 unspecified atom stereocenters. The van der Waals surface area contributed by atoms with Gasteiger partial charge in [-0.3, -0.25) is 9.59 Å². The van der Waals surface area contributed by atoms with Gasteiger partial charge in [-0.25, -0.2) is 0 Å². The summed E-state index contributed by atoms with van der Waals surface area (Å²) in [6, 6.07) is 33.0. The number of hydrogen-bond acceptors (Lipinski definition) is 4. The molecular weight excluding hydrogens is 474 g/mol. The zero-order chi connectivity index (χ0) is 26.7. The van der Waals surface area contributed by atoms with E-state index in [1.807, 2.05) is 49.3 Å². The third kappa shape index (κ3) is 8.05. The fourth-order valence-corrected chi connectivity index (χ4v) is 3.87. The summed E-state index contributed by atoms with van der Waals surface area (Å²) in [5, 5.41) is 5.80. The molecule has 0 saturated carbocycles. The van der Waals surface area contributed by atoms with Gasteiger partial charge in [-0.2, -0.15) is 0 Å². The van der Waals surface area contributed by atoms with Crippen molar-refractivity contribution in [2.75, 3.05) is 32.5 Å². The molecule has 0 heterocycles. The van der Waals surface area contributed by atoms with E-state index in [0.717, 1.165) is 17.7 Å². The van der Waals surface area contributed by atoms with E-state index >= 15 is 0 Å². The Kier molecular flexibility index (Phi) is 9.27. The minimum absolute atomic E-state index is 0.0184. The monoisotopic (exact) mass is 507 g/mol. The van der Waals surface area contributed by atoms with Crippen molar-refractivity contribution in [1.82, 2.24) is 10.2 Å². The lowest BCUT2D eigenvalue weighted by Crippen LogP contribution is -2.32. The van der Waals surface area contributed by atoms with E-state index in [2.05, 4.69) is 47.0 Å². The van der Waals surface area contributed by atoms with Crippen LogP contribution in [0.1, 0.15) is 21.5 Å². The smallest absolute Gasteiger partial charge is 0.255 e. The van der Waals surface area contributed by atoms with E-state index in [1.165, 1.54) is 11.1 Å². The van der Waals surface area contributed by atoms with Crippen LogP contribution in [0.5, 0.6) is 5.75 Å². The first-order chi connectivity index (χ1) is 18.5. The van der Waals surface area contributed by atoms with Gasteiger partial charge in [-0.05, 0) is 72.7 Å². The van der Waals surface area contributed by atoms with Crippen LogP contribution in [-0.2, 0) is 17.8 Å². The predicted molar refractivity (Wildman–Crippen MR) is 152 cm³/mol. The van der Waals surface area contributed by atoms with Gasteiger partial charge in [0.05, 0.1) is 6.42 Å². The van der Waals surface area contributed by atoms with Crippen molar-refractivity contribution < 1.29 is 14.3 Å². The number of rotatable bonds is 11. The maximum Gasteiger partial charge on any atom is 0.255 e. The number of hydrogen-bond donors (Lipinski definition) is 2. The second-order valence-electron chi connectivity index (χ2n) is 9.36. The molecule has 2 amide bonds. The van der Waals surface area contributed by atoms with Gasteiger partial charge in [0.2, 0.25) is 5.91 Å². The highest BCUT2D eigenvalue weighted by Gasteiger charge is 2.08. The maximum atomic E-state index is 12.7. The first-order valence-corrected chi connectivity index (χ1v) is 12.7. The van der Waals surface area contributed by atoms with Crippen molar-refractivity contribution in [3.63, 3.8) is 0 Å². The van der Waals surface area contributed by atoms with Crippen LogP contribution in [-0.4, -0.2) is 43.9 Å². The van der Waals surface area contributed by atoms with Gasteiger partial charge >= 0.3 is 0 Å². The fraction of sp³-hybridized carbons (Fsp3) is 0.188. The molecular formula is C32H33N3O3. The number of carbonyl (C=O) groups is 2. The van der Waals surface area contributed by atoms with Gasteiger partial charge in [0.15, 0.2) is 0 Å². The largest absolute Gasteiger partial charge is 0.489 e. The lowest BCUT2D eigenvalue weighted by molar-refractivity contribution is -0.120. The molecule has 0 saturated heterocycles. The molecule has 38 heavy (non-hydrogen) atoms. The average molecular weight is 508 g/mol. The Morgan fingerprint density at radius 3 is 2.03 bits per heavy atom. The van der Waals surface area contributed by atoms with Gasteiger partial charge in [0, 0.05) is 24.3 Å². The van der Waals surface area contributed by atoms with Crippen LogP contribution in [0.15, 0.2) is 103 Å². The Morgan fingerprint density at radius 1 is 0.737 bits per heavy atom. The molecule has 0 aromatic heterocycles. The molecule has 0 aliphatic carbocycles. The number of ether oxygens (including phenoxy) is 1. The zero-order valence-electron chi connectivity index (χ0n) is 21.8. The molecule has 0 aliphatic heterocycles. The Labute approximate surface area is 224 Å². The molecule has 2 N–H and O–H groups in total. The van der Waals surface area contributed by atoms with E-state index in [9.17, 15) is 9.59 Å². The molecule has 0 spiro atoms. The van der Waals surface area contributed by atoms with Crippen molar-refractivity contribution in [1.29, 1.82) is 0 Å². The summed E-state index contributed by atoms with van der Waals surface area (Å²) in [5.74, 6) is 0.472. The first kappa shape index (κ1) is 26.6. The van der Waals surface area contributed by atoms with Crippen LogP contribution in [0.4, 0.5) is 5.69 Å². The summed E-state index contributed by atoms with van der Waals surface area (Å²) in [5.41, 5.74) is 5.52. The van der Waals surface area contributed by atoms with Crippen LogP contribution in [0.25, 0.3) is 11.1 Å². The minimum atomic E-state index is -0.206. The quantitative estimate of drug-likeness (QED) is 0.285. The van der Waals surface area contributed by atoms with E-state index in [-0.39, 0.29) is 11.8 Å². The molecule has 0 fully saturated rings. The van der Waals surface area contributed by atoms with Crippen LogP contribution >= 0.6 is 0 Å². The Balaban J connectivity index is 1.24. The highest BCUT2D eigenvalue weighted by Crippen LogP contribution is 2.21. The number of anilines is 1. The summed E-state index contributed by atoms with van der Waals surface area (Å²) < 4.78 is 5.90. The Bertz CT molecular complexity index is 1320. The lowest BCUT2D eigenvalue weighted by atomic mass is 10.0. The topological polar surface area (TPSA) is 70.7 Å². The predicted octanol–water partition coefficient (Wildman–Crippen LogP) is 5.41. The highest BCUT2D eigenvalue weighted by molar-refractivity contribution is 6.04. The molecule has 4 aromatic carbocycles. The van der Waals surface area contributed by atoms with Gasteiger partial charge in [-0.15, -0.1) is 0 Å². The number of carbonyl (C=O) groups excluding carboxylic acids is 2. The summed E-state index contributed by atoms with van der Waals surface area (Å²) >= 11 is 0. The normalized spacial score (nSPS) is 10.7. The molecule has 0 bridgehead atoms. The second kappa shape index (κ2) is 13.2. The van der Waals surface area contributed by atoms with E-state index < -0.39 is 0 Å². The standard InChI is InChI=1S/C32H33N3O3/c1-35(2)21-20-33-31(36)22-24-10-16-29(17-11-24)34-32(37)28-14-18-30(19-15-28)38-23-25-8-12-27(13-9-25)26-6-4-3-5-7-26/h3-19H,20-23H2,1-2H3,(H,33,36)(H,34,37). The van der Waals surface area contributed by atoms with Crippen molar-refractivity contribution in [2.24, 2.45) is 0 Å². The second-order valence-corrected chi connectivity index (χ2v) is 9.36. The molecule has 194 valence electrons. The van der Waals surface area contributed by atoms with Gasteiger partial charge in [0.1, 0.15) is 12.4 Å². The maximum absolute atomic E-state index is 12.7. The van der Waals surface area contributed by atoms with Gasteiger partial charge < -0.3 is 20.3 Å². The minimum Gasteiger partial charge on any atom is -0.489 e. The molecule has 0 radical (unpaired) electrons. The third-order valence-corrected chi connectivity index (χ3v) is 6.04. The van der Waals surface area contributed by atoms with E-state index in [1.54, 1.807) is 36.4 Å². The SMILES string of the molecule is CN(C)CCNC(=O)Cc1ccc(NC(=O)c2ccc(OCc3ccc(-c4ccccc4)cc3)cc2)cc1. The van der Waals surface area contributed by atoms with Crippen molar-refractivity contribution in [3.8, 4) is 16.9 Å². The van der Waals surface area contributed by atoms with Gasteiger partial charge in [0.25, 0.3) is 5.91 Å². The third-order valence-electron chi connectivity index (χ3n) is 6.04. The van der Waals surface area contributed by atoms with E-state index in [4.69, 9.17) is 4.74 Å². The zero-order valence-corrected chi connectivity index (χ0v) is 21.8.